The highest BCUT2D eigenvalue weighted by Crippen LogP contribution is 2.31. The lowest BCUT2D eigenvalue weighted by Gasteiger charge is -2.22. The van der Waals surface area contributed by atoms with E-state index in [1.165, 1.54) is 0 Å². The third-order valence-electron chi connectivity index (χ3n) is 6.44. The van der Waals surface area contributed by atoms with Crippen molar-refractivity contribution in [1.82, 2.24) is 0 Å². The summed E-state index contributed by atoms with van der Waals surface area (Å²) in [4.78, 5) is 0.687. The van der Waals surface area contributed by atoms with Gasteiger partial charge in [-0.3, -0.25) is 0 Å². The van der Waals surface area contributed by atoms with Gasteiger partial charge in [-0.15, -0.1) is 0 Å². The summed E-state index contributed by atoms with van der Waals surface area (Å²) in [5.41, 5.74) is 2.04. The Labute approximate surface area is 187 Å². The van der Waals surface area contributed by atoms with Crippen LogP contribution in [0.1, 0.15) is 68.9 Å². The Bertz CT molecular complexity index is 966. The van der Waals surface area contributed by atoms with Gasteiger partial charge < -0.3 is 0 Å². The number of rotatable bonds is 4. The van der Waals surface area contributed by atoms with Crippen LogP contribution in [0, 0.1) is 13.8 Å². The second-order valence-corrected chi connectivity index (χ2v) is 13.3. The van der Waals surface area contributed by atoms with Crippen LogP contribution in [0.15, 0.2) is 58.3 Å². The van der Waals surface area contributed by atoms with Crippen LogP contribution in [0.25, 0.3) is 0 Å². The minimum Gasteiger partial charge on any atom is -0.223 e. The summed E-state index contributed by atoms with van der Waals surface area (Å²) in [6.07, 6.45) is 6.69. The molecule has 0 radical (unpaired) electrons. The molecule has 0 amide bonds. The summed E-state index contributed by atoms with van der Waals surface area (Å²) in [5.74, 6) is 0. The lowest BCUT2D eigenvalue weighted by atomic mass is 10.1. The van der Waals surface area contributed by atoms with Gasteiger partial charge in [-0.05, 0) is 63.8 Å². The SMILES string of the molecule is Cc1ccc(S(=O)(=O)[C@H]2CCCCCCC[C@H](S(=O)(=O)c3ccc(C)cc3)CC2)cc1. The fourth-order valence-electron chi connectivity index (χ4n) is 4.40. The highest BCUT2D eigenvalue weighted by atomic mass is 32.2. The van der Waals surface area contributed by atoms with Crippen molar-refractivity contribution >= 4 is 19.7 Å². The summed E-state index contributed by atoms with van der Waals surface area (Å²) < 4.78 is 53.4. The predicted molar refractivity (Wildman–Crippen MR) is 126 cm³/mol. The molecule has 0 saturated heterocycles. The van der Waals surface area contributed by atoms with Crippen LogP contribution in [0.2, 0.25) is 0 Å². The van der Waals surface area contributed by atoms with E-state index >= 15 is 0 Å². The van der Waals surface area contributed by atoms with Crippen LogP contribution >= 0.6 is 0 Å². The molecule has 1 fully saturated rings. The van der Waals surface area contributed by atoms with Crippen LogP contribution in [0.3, 0.4) is 0 Å². The van der Waals surface area contributed by atoms with Crippen LogP contribution in [0.4, 0.5) is 0 Å². The van der Waals surface area contributed by atoms with Gasteiger partial charge in [0.15, 0.2) is 19.7 Å². The molecule has 4 nitrogen and oxygen atoms in total. The minimum atomic E-state index is -3.49. The first-order valence-electron chi connectivity index (χ1n) is 11.3. The monoisotopic (exact) mass is 462 g/mol. The number of sulfone groups is 2. The van der Waals surface area contributed by atoms with E-state index < -0.39 is 30.2 Å². The van der Waals surface area contributed by atoms with Gasteiger partial charge in [0.2, 0.25) is 0 Å². The second-order valence-electron chi connectivity index (χ2n) is 8.88. The zero-order chi connectivity index (χ0) is 22.5. The maximum atomic E-state index is 13.4. The van der Waals surface area contributed by atoms with Crippen molar-refractivity contribution in [1.29, 1.82) is 0 Å². The molecule has 0 heterocycles. The summed E-state index contributed by atoms with van der Waals surface area (Å²) in [6, 6.07) is 14.0. The average molecular weight is 463 g/mol. The van der Waals surface area contributed by atoms with Gasteiger partial charge in [0.05, 0.1) is 20.3 Å². The molecule has 170 valence electrons. The normalized spacial score (nSPS) is 21.9. The van der Waals surface area contributed by atoms with Crippen molar-refractivity contribution in [2.45, 2.75) is 91.9 Å². The van der Waals surface area contributed by atoms with E-state index in [0.29, 0.717) is 35.5 Å². The van der Waals surface area contributed by atoms with E-state index in [0.717, 1.165) is 43.2 Å². The fraction of sp³-hybridized carbons (Fsp3) is 0.520. The van der Waals surface area contributed by atoms with Crippen molar-refractivity contribution < 1.29 is 16.8 Å². The fourth-order valence-corrected chi connectivity index (χ4v) is 8.04. The summed E-state index contributed by atoms with van der Waals surface area (Å²) in [5, 5.41) is -1.08. The molecule has 2 aromatic carbocycles. The van der Waals surface area contributed by atoms with E-state index in [9.17, 15) is 16.8 Å². The van der Waals surface area contributed by atoms with Crippen LogP contribution in [0.5, 0.6) is 0 Å². The molecule has 3 rings (SSSR count). The zero-order valence-electron chi connectivity index (χ0n) is 18.6. The van der Waals surface area contributed by atoms with Crippen molar-refractivity contribution in [2.75, 3.05) is 0 Å². The molecular weight excluding hydrogens is 428 g/mol. The molecule has 2 atom stereocenters. The average Bonchev–Trinajstić information content (AvgIpc) is 2.79. The topological polar surface area (TPSA) is 68.3 Å². The van der Waals surface area contributed by atoms with Gasteiger partial charge in [-0.25, -0.2) is 16.8 Å². The van der Waals surface area contributed by atoms with Crippen LogP contribution in [-0.4, -0.2) is 27.3 Å². The Morgan fingerprint density at radius 2 is 0.839 bits per heavy atom. The smallest absolute Gasteiger partial charge is 0.181 e. The molecule has 1 aliphatic rings. The standard InChI is InChI=1S/C25H34O4S2/c1-20-10-14-24(15-11-20)30(26,27)22-8-6-4-3-5-7-9-23(19-18-22)31(28,29)25-16-12-21(2)13-17-25/h10-17,22-23H,3-9,18-19H2,1-2H3/t22-,23-/m0/s1. The maximum absolute atomic E-state index is 13.4. The van der Waals surface area contributed by atoms with Gasteiger partial charge in [0, 0.05) is 0 Å². The quantitative estimate of drug-likeness (QED) is 0.575. The number of aryl methyl sites for hydroxylation is 2. The van der Waals surface area contributed by atoms with Gasteiger partial charge in [0.25, 0.3) is 0 Å². The molecule has 0 aromatic heterocycles. The first-order valence-corrected chi connectivity index (χ1v) is 14.4. The van der Waals surface area contributed by atoms with Crippen molar-refractivity contribution in [2.24, 2.45) is 0 Å². The Morgan fingerprint density at radius 1 is 0.516 bits per heavy atom. The first-order chi connectivity index (χ1) is 14.7. The zero-order valence-corrected chi connectivity index (χ0v) is 20.2. The highest BCUT2D eigenvalue weighted by Gasteiger charge is 2.32. The lowest BCUT2D eigenvalue weighted by molar-refractivity contribution is 0.521. The summed E-state index contributed by atoms with van der Waals surface area (Å²) >= 11 is 0. The van der Waals surface area contributed by atoms with Crippen molar-refractivity contribution in [3.8, 4) is 0 Å². The van der Waals surface area contributed by atoms with E-state index in [2.05, 4.69) is 0 Å². The predicted octanol–water partition coefficient (Wildman–Crippen LogP) is 5.81. The molecule has 0 spiro atoms. The van der Waals surface area contributed by atoms with Crippen LogP contribution in [-0.2, 0) is 19.7 Å². The van der Waals surface area contributed by atoms with Crippen molar-refractivity contribution in [3.05, 3.63) is 59.7 Å². The molecule has 1 saturated carbocycles. The number of hydrogen-bond donors (Lipinski definition) is 0. The molecule has 1 aliphatic carbocycles. The third kappa shape index (κ3) is 5.98. The van der Waals surface area contributed by atoms with Gasteiger partial charge in [0.1, 0.15) is 0 Å². The maximum Gasteiger partial charge on any atom is 0.181 e. The first kappa shape index (κ1) is 24.0. The van der Waals surface area contributed by atoms with E-state index in [1.807, 2.05) is 38.1 Å². The van der Waals surface area contributed by atoms with Gasteiger partial charge in [-0.2, -0.15) is 0 Å². The lowest BCUT2D eigenvalue weighted by Crippen LogP contribution is -2.27. The van der Waals surface area contributed by atoms with Gasteiger partial charge in [-0.1, -0.05) is 67.5 Å². The molecule has 2 aromatic rings. The van der Waals surface area contributed by atoms with E-state index in [-0.39, 0.29) is 0 Å². The molecule has 0 N–H and O–H groups in total. The summed E-state index contributed by atoms with van der Waals surface area (Å²) in [6.45, 7) is 3.87. The Morgan fingerprint density at radius 3 is 1.19 bits per heavy atom. The minimum absolute atomic E-state index is 0.343. The number of hydrogen-bond acceptors (Lipinski definition) is 4. The summed E-state index contributed by atoms with van der Waals surface area (Å²) in [7, 11) is -6.98. The van der Waals surface area contributed by atoms with Crippen LogP contribution < -0.4 is 0 Å². The van der Waals surface area contributed by atoms with E-state index in [1.54, 1.807) is 24.3 Å². The third-order valence-corrected chi connectivity index (χ3v) is 11.0. The molecular formula is C25H34O4S2. The van der Waals surface area contributed by atoms with E-state index in [4.69, 9.17) is 0 Å². The number of benzene rings is 2. The Balaban J connectivity index is 1.87. The molecule has 0 bridgehead atoms. The highest BCUT2D eigenvalue weighted by molar-refractivity contribution is 7.92. The van der Waals surface area contributed by atoms with Gasteiger partial charge >= 0.3 is 0 Å². The Kier molecular flexibility index (Phi) is 7.98. The molecule has 31 heavy (non-hydrogen) atoms. The second kappa shape index (κ2) is 10.3. The Hall–Kier alpha value is -1.66. The van der Waals surface area contributed by atoms with Crippen molar-refractivity contribution in [3.63, 3.8) is 0 Å². The molecule has 6 heteroatoms. The molecule has 0 aliphatic heterocycles. The molecule has 0 unspecified atom stereocenters. The largest absolute Gasteiger partial charge is 0.223 e.